The molecule has 6 nitrogen and oxygen atoms in total. The van der Waals surface area contributed by atoms with E-state index in [0.717, 1.165) is 31.5 Å². The number of aromatic nitrogens is 1. The van der Waals surface area contributed by atoms with Gasteiger partial charge < -0.3 is 5.32 Å². The van der Waals surface area contributed by atoms with Crippen molar-refractivity contribution in [2.75, 3.05) is 18.4 Å². The summed E-state index contributed by atoms with van der Waals surface area (Å²) in [4.78, 5) is 17.6. The predicted octanol–water partition coefficient (Wildman–Crippen LogP) is 4.31. The molecule has 3 rings (SSSR count). The number of nitrogens with zero attached hydrogens (tertiary/aromatic N) is 2. The molecule has 0 atom stereocenters. The molecular weight excluding hydrogens is 454 g/mol. The van der Waals surface area contributed by atoms with E-state index in [1.54, 1.807) is 18.3 Å². The van der Waals surface area contributed by atoms with Gasteiger partial charge in [0.15, 0.2) is 0 Å². The summed E-state index contributed by atoms with van der Waals surface area (Å²) in [6, 6.07) is 8.81. The number of likely N-dealkylation sites (tertiary alicyclic amines) is 1. The van der Waals surface area contributed by atoms with Crippen molar-refractivity contribution >= 4 is 54.2 Å². The molecule has 1 amide bonds. The molecule has 0 aliphatic carbocycles. The van der Waals surface area contributed by atoms with Gasteiger partial charge >= 0.3 is 0 Å². The number of amides is 1. The molecule has 0 saturated carbocycles. The molecule has 1 aromatic heterocycles. The first-order chi connectivity index (χ1) is 13.5. The maximum absolute atomic E-state index is 13.8. The Bertz CT molecular complexity index is 862. The standard InChI is InChI=1S/C20H22ClFN4O2.2ClH/c21-17-11-14(5-6-19(27)25-28)12-23-20(17)24-16-7-9-26(10-8-16)13-15-3-1-2-4-18(15)22;;/h1-6,11-12,16,28H,7-10,13H2,(H,23,24)(H,25,27);2*1H/b6-5+;;. The van der Waals surface area contributed by atoms with Crippen LogP contribution in [0.2, 0.25) is 5.02 Å². The Balaban J connectivity index is 0.00000225. The Labute approximate surface area is 192 Å². The number of hydroxylamine groups is 1. The van der Waals surface area contributed by atoms with E-state index in [1.807, 2.05) is 12.1 Å². The number of benzene rings is 1. The lowest BCUT2D eigenvalue weighted by Gasteiger charge is -2.32. The van der Waals surface area contributed by atoms with E-state index in [1.165, 1.54) is 23.7 Å². The van der Waals surface area contributed by atoms with Crippen molar-refractivity contribution in [3.8, 4) is 0 Å². The highest BCUT2D eigenvalue weighted by Crippen LogP contribution is 2.24. The van der Waals surface area contributed by atoms with Crippen molar-refractivity contribution in [1.82, 2.24) is 15.4 Å². The lowest BCUT2D eigenvalue weighted by molar-refractivity contribution is -0.124. The fourth-order valence-corrected chi connectivity index (χ4v) is 3.38. The molecule has 1 aliphatic rings. The number of nitrogens with one attached hydrogen (secondary N) is 2. The number of halogens is 4. The first-order valence-electron chi connectivity index (χ1n) is 9.05. The van der Waals surface area contributed by atoms with E-state index in [4.69, 9.17) is 16.8 Å². The summed E-state index contributed by atoms with van der Waals surface area (Å²) >= 11 is 6.29. The molecule has 1 fully saturated rings. The van der Waals surface area contributed by atoms with Crippen molar-refractivity contribution in [3.05, 3.63) is 64.6 Å². The third-order valence-corrected chi connectivity index (χ3v) is 4.97. The van der Waals surface area contributed by atoms with Crippen LogP contribution in [0.5, 0.6) is 0 Å². The number of hydrogen-bond acceptors (Lipinski definition) is 5. The average Bonchev–Trinajstić information content (AvgIpc) is 2.71. The van der Waals surface area contributed by atoms with Gasteiger partial charge in [-0.15, -0.1) is 24.8 Å². The van der Waals surface area contributed by atoms with Crippen LogP contribution in [0.15, 0.2) is 42.6 Å². The van der Waals surface area contributed by atoms with Gasteiger partial charge in [0.25, 0.3) is 5.91 Å². The zero-order chi connectivity index (χ0) is 19.9. The molecule has 3 N–H and O–H groups in total. The molecule has 30 heavy (non-hydrogen) atoms. The van der Waals surface area contributed by atoms with Crippen LogP contribution in [0.4, 0.5) is 10.2 Å². The summed E-state index contributed by atoms with van der Waals surface area (Å²) in [5.74, 6) is -0.192. The molecule has 164 valence electrons. The molecule has 1 aliphatic heterocycles. The van der Waals surface area contributed by atoms with Crippen LogP contribution in [-0.4, -0.2) is 40.1 Å². The molecule has 2 aromatic rings. The van der Waals surface area contributed by atoms with Crippen molar-refractivity contribution < 1.29 is 14.4 Å². The van der Waals surface area contributed by atoms with Gasteiger partial charge in [0.1, 0.15) is 11.6 Å². The zero-order valence-corrected chi connectivity index (χ0v) is 18.4. The van der Waals surface area contributed by atoms with E-state index in [0.29, 0.717) is 22.9 Å². The van der Waals surface area contributed by atoms with Crippen LogP contribution in [0, 0.1) is 5.82 Å². The van der Waals surface area contributed by atoms with Gasteiger partial charge in [0, 0.05) is 43.5 Å². The quantitative estimate of drug-likeness (QED) is 0.328. The Morgan fingerprint density at radius 2 is 2.00 bits per heavy atom. The molecule has 1 saturated heterocycles. The number of pyridine rings is 1. The first kappa shape index (κ1) is 26.1. The minimum Gasteiger partial charge on any atom is -0.366 e. The second kappa shape index (κ2) is 12.7. The summed E-state index contributed by atoms with van der Waals surface area (Å²) in [6.45, 7) is 2.34. The summed E-state index contributed by atoms with van der Waals surface area (Å²) in [6.07, 6.45) is 6.11. The van der Waals surface area contributed by atoms with Crippen LogP contribution < -0.4 is 10.8 Å². The molecule has 2 heterocycles. The number of piperidine rings is 1. The van der Waals surface area contributed by atoms with Crippen molar-refractivity contribution in [1.29, 1.82) is 0 Å². The SMILES string of the molecule is Cl.Cl.O=C(/C=C/c1cnc(NC2CCN(Cc3ccccc3F)CC2)c(Cl)c1)NO. The molecule has 0 unspecified atom stereocenters. The lowest BCUT2D eigenvalue weighted by Crippen LogP contribution is -2.39. The van der Waals surface area contributed by atoms with Crippen LogP contribution in [-0.2, 0) is 11.3 Å². The topological polar surface area (TPSA) is 77.5 Å². The second-order valence-corrected chi connectivity index (χ2v) is 7.10. The van der Waals surface area contributed by atoms with Crippen molar-refractivity contribution in [2.45, 2.75) is 25.4 Å². The number of hydrogen-bond donors (Lipinski definition) is 3. The number of rotatable bonds is 6. The smallest absolute Gasteiger partial charge is 0.267 e. The van der Waals surface area contributed by atoms with Crippen LogP contribution >= 0.6 is 36.4 Å². The monoisotopic (exact) mass is 476 g/mol. The zero-order valence-electron chi connectivity index (χ0n) is 16.1. The largest absolute Gasteiger partial charge is 0.366 e. The van der Waals surface area contributed by atoms with Crippen molar-refractivity contribution in [3.63, 3.8) is 0 Å². The van der Waals surface area contributed by atoms with E-state index in [2.05, 4.69) is 15.2 Å². The summed E-state index contributed by atoms with van der Waals surface area (Å²) in [5, 5.41) is 12.3. The van der Waals surface area contributed by atoms with Gasteiger partial charge in [-0.05, 0) is 36.6 Å². The Morgan fingerprint density at radius 3 is 2.63 bits per heavy atom. The lowest BCUT2D eigenvalue weighted by atomic mass is 10.0. The third kappa shape index (κ3) is 7.41. The summed E-state index contributed by atoms with van der Waals surface area (Å²) < 4.78 is 13.8. The molecule has 1 aromatic carbocycles. The number of carbonyl (C=O) groups is 1. The van der Waals surface area contributed by atoms with Gasteiger partial charge in [-0.2, -0.15) is 0 Å². The van der Waals surface area contributed by atoms with Crippen LogP contribution in [0.25, 0.3) is 6.08 Å². The number of anilines is 1. The van der Waals surface area contributed by atoms with Crippen molar-refractivity contribution in [2.24, 2.45) is 0 Å². The Kier molecular flexibility index (Phi) is 11.1. The van der Waals surface area contributed by atoms with E-state index in [-0.39, 0.29) is 36.7 Å². The highest BCUT2D eigenvalue weighted by molar-refractivity contribution is 6.33. The summed E-state index contributed by atoms with van der Waals surface area (Å²) in [7, 11) is 0. The van der Waals surface area contributed by atoms with Crippen LogP contribution in [0.3, 0.4) is 0 Å². The Hall–Kier alpha value is -1.90. The van der Waals surface area contributed by atoms with E-state index >= 15 is 0 Å². The summed E-state index contributed by atoms with van der Waals surface area (Å²) in [5.41, 5.74) is 2.89. The highest BCUT2D eigenvalue weighted by Gasteiger charge is 2.21. The fourth-order valence-electron chi connectivity index (χ4n) is 3.16. The normalized spacial score (nSPS) is 14.6. The predicted molar refractivity (Wildman–Crippen MR) is 121 cm³/mol. The number of carbonyl (C=O) groups excluding carboxylic acids is 1. The second-order valence-electron chi connectivity index (χ2n) is 6.69. The average molecular weight is 478 g/mol. The maximum Gasteiger partial charge on any atom is 0.267 e. The van der Waals surface area contributed by atoms with Gasteiger partial charge in [-0.25, -0.2) is 14.9 Å². The van der Waals surface area contributed by atoms with Gasteiger partial charge in [-0.1, -0.05) is 29.8 Å². The molecule has 10 heteroatoms. The highest BCUT2D eigenvalue weighted by atomic mass is 35.5. The molecule has 0 bridgehead atoms. The minimum absolute atomic E-state index is 0. The van der Waals surface area contributed by atoms with E-state index < -0.39 is 5.91 Å². The minimum atomic E-state index is -0.625. The maximum atomic E-state index is 13.8. The first-order valence-corrected chi connectivity index (χ1v) is 9.43. The van der Waals surface area contributed by atoms with Crippen LogP contribution in [0.1, 0.15) is 24.0 Å². The molecular formula is C20H24Cl3FN4O2. The van der Waals surface area contributed by atoms with E-state index in [9.17, 15) is 9.18 Å². The molecule has 0 radical (unpaired) electrons. The van der Waals surface area contributed by atoms with Gasteiger partial charge in [0.05, 0.1) is 5.02 Å². The fraction of sp³-hybridized carbons (Fsp3) is 0.300. The van der Waals surface area contributed by atoms with Gasteiger partial charge in [0.2, 0.25) is 0 Å². The third-order valence-electron chi connectivity index (χ3n) is 4.68. The van der Waals surface area contributed by atoms with Gasteiger partial charge in [-0.3, -0.25) is 14.9 Å². The Morgan fingerprint density at radius 1 is 1.30 bits per heavy atom. The molecule has 0 spiro atoms.